The molecule has 5 nitrogen and oxygen atoms in total. The van der Waals surface area contributed by atoms with E-state index in [1.165, 1.54) is 4.90 Å². The van der Waals surface area contributed by atoms with Gasteiger partial charge in [0.2, 0.25) is 0 Å². The summed E-state index contributed by atoms with van der Waals surface area (Å²) in [6, 6.07) is 7.06. The van der Waals surface area contributed by atoms with Gasteiger partial charge in [-0.1, -0.05) is 31.0 Å². The van der Waals surface area contributed by atoms with Crippen LogP contribution in [0.1, 0.15) is 32.3 Å². The van der Waals surface area contributed by atoms with Crippen molar-refractivity contribution in [3.8, 4) is 0 Å². The third-order valence-corrected chi connectivity index (χ3v) is 3.30. The van der Waals surface area contributed by atoms with Crippen LogP contribution in [0.3, 0.4) is 0 Å². The van der Waals surface area contributed by atoms with Crippen molar-refractivity contribution < 1.29 is 14.7 Å². The Morgan fingerprint density at radius 1 is 1.14 bits per heavy atom. The summed E-state index contributed by atoms with van der Waals surface area (Å²) in [6.07, 6.45) is 1.90. The zero-order valence-corrected chi connectivity index (χ0v) is 13.0. The van der Waals surface area contributed by atoms with Gasteiger partial charge in [-0.3, -0.25) is 9.69 Å². The number of amides is 2. The van der Waals surface area contributed by atoms with Crippen molar-refractivity contribution in [3.05, 3.63) is 29.8 Å². The molecule has 1 aromatic rings. The van der Waals surface area contributed by atoms with Crippen LogP contribution >= 0.6 is 0 Å². The number of unbranched alkanes of at least 4 members (excludes halogenated alkanes) is 1. The summed E-state index contributed by atoms with van der Waals surface area (Å²) in [4.78, 5) is 26.7. The lowest BCUT2D eigenvalue weighted by Gasteiger charge is -2.29. The molecule has 0 saturated carbocycles. The zero-order valence-electron chi connectivity index (χ0n) is 13.0. The number of nitrogens with zero attached hydrogens (tertiary/aromatic N) is 2. The van der Waals surface area contributed by atoms with Gasteiger partial charge in [0.25, 0.3) is 0 Å². The molecule has 5 heteroatoms. The van der Waals surface area contributed by atoms with Gasteiger partial charge in [-0.05, 0) is 32.4 Å². The number of anilines is 1. The third-order valence-electron chi connectivity index (χ3n) is 3.30. The van der Waals surface area contributed by atoms with E-state index in [1.807, 2.05) is 26.0 Å². The van der Waals surface area contributed by atoms with Crippen LogP contribution in [0.15, 0.2) is 24.3 Å². The Bertz CT molecular complexity index is 471. The van der Waals surface area contributed by atoms with Crippen molar-refractivity contribution in [2.45, 2.75) is 33.6 Å². The smallest absolute Gasteiger partial charge is 0.325 e. The highest BCUT2D eigenvalue weighted by Gasteiger charge is 2.23. The average Bonchev–Trinajstić information content (AvgIpc) is 2.46. The van der Waals surface area contributed by atoms with Gasteiger partial charge in [-0.25, -0.2) is 4.79 Å². The maximum atomic E-state index is 12.6. The molecule has 0 radical (unpaired) electrons. The van der Waals surface area contributed by atoms with Gasteiger partial charge >= 0.3 is 12.0 Å². The highest BCUT2D eigenvalue weighted by atomic mass is 16.4. The normalized spacial score (nSPS) is 10.2. The van der Waals surface area contributed by atoms with Gasteiger partial charge in [0.15, 0.2) is 0 Å². The maximum Gasteiger partial charge on any atom is 0.325 e. The third kappa shape index (κ3) is 5.10. The Kier molecular flexibility index (Phi) is 6.72. The second-order valence-corrected chi connectivity index (χ2v) is 5.03. The first-order valence-corrected chi connectivity index (χ1v) is 7.34. The Labute approximate surface area is 126 Å². The van der Waals surface area contributed by atoms with Crippen LogP contribution in [0.4, 0.5) is 10.5 Å². The zero-order chi connectivity index (χ0) is 15.8. The van der Waals surface area contributed by atoms with E-state index >= 15 is 0 Å². The number of carboxylic acids is 1. The molecule has 0 atom stereocenters. The van der Waals surface area contributed by atoms with E-state index in [0.717, 1.165) is 18.4 Å². The predicted octanol–water partition coefficient (Wildman–Crippen LogP) is 3.13. The van der Waals surface area contributed by atoms with Gasteiger partial charge < -0.3 is 10.0 Å². The molecule has 116 valence electrons. The quantitative estimate of drug-likeness (QED) is 0.840. The van der Waals surface area contributed by atoms with Crippen molar-refractivity contribution >= 4 is 17.7 Å². The summed E-state index contributed by atoms with van der Waals surface area (Å²) in [5.74, 6) is -1.02. The lowest BCUT2D eigenvalue weighted by Crippen LogP contribution is -2.46. The van der Waals surface area contributed by atoms with E-state index in [1.54, 1.807) is 17.0 Å². The van der Waals surface area contributed by atoms with Gasteiger partial charge in [0, 0.05) is 18.8 Å². The van der Waals surface area contributed by atoms with E-state index in [9.17, 15) is 9.59 Å². The molecule has 0 spiro atoms. The molecule has 21 heavy (non-hydrogen) atoms. The fourth-order valence-corrected chi connectivity index (χ4v) is 2.04. The summed E-state index contributed by atoms with van der Waals surface area (Å²) in [5, 5.41) is 9.07. The minimum atomic E-state index is -1.02. The molecule has 1 aromatic carbocycles. The van der Waals surface area contributed by atoms with Gasteiger partial charge in [0.05, 0.1) is 0 Å². The summed E-state index contributed by atoms with van der Waals surface area (Å²) in [5.41, 5.74) is 1.68. The second kappa shape index (κ2) is 8.29. The van der Waals surface area contributed by atoms with Crippen molar-refractivity contribution in [1.82, 2.24) is 4.90 Å². The topological polar surface area (TPSA) is 60.9 Å². The Hall–Kier alpha value is -2.04. The number of benzene rings is 1. The Morgan fingerprint density at radius 2 is 1.76 bits per heavy atom. The van der Waals surface area contributed by atoms with E-state index in [2.05, 4.69) is 6.92 Å². The summed E-state index contributed by atoms with van der Waals surface area (Å²) in [6.45, 7) is 6.81. The van der Waals surface area contributed by atoms with Gasteiger partial charge in [-0.15, -0.1) is 0 Å². The molecule has 1 rings (SSSR count). The van der Waals surface area contributed by atoms with E-state index in [-0.39, 0.29) is 12.6 Å². The molecule has 0 aliphatic heterocycles. The fraction of sp³-hybridized carbons (Fsp3) is 0.500. The molecule has 0 aromatic heterocycles. The Morgan fingerprint density at radius 3 is 2.24 bits per heavy atom. The van der Waals surface area contributed by atoms with E-state index in [4.69, 9.17) is 5.11 Å². The molecule has 0 heterocycles. The fourth-order valence-electron chi connectivity index (χ4n) is 2.04. The minimum Gasteiger partial charge on any atom is -0.480 e. The lowest BCUT2D eigenvalue weighted by molar-refractivity contribution is -0.135. The molecule has 0 unspecified atom stereocenters. The van der Waals surface area contributed by atoms with Crippen molar-refractivity contribution in [2.24, 2.45) is 0 Å². The highest BCUT2D eigenvalue weighted by Crippen LogP contribution is 2.17. The van der Waals surface area contributed by atoms with Crippen LogP contribution in [0, 0.1) is 6.92 Å². The molecule has 2 amide bonds. The molecular formula is C16H24N2O3. The van der Waals surface area contributed by atoms with Crippen molar-refractivity contribution in [3.63, 3.8) is 0 Å². The number of aliphatic carboxylic acids is 1. The standard InChI is InChI=1S/C16H24N2O3/c1-4-6-11-17(5-2)16(21)18(12-15(19)20)14-9-7-13(3)8-10-14/h7-10H,4-6,11-12H2,1-3H3,(H,19,20). The van der Waals surface area contributed by atoms with E-state index in [0.29, 0.717) is 18.8 Å². The number of carbonyl (C=O) groups is 2. The number of urea groups is 1. The minimum absolute atomic E-state index is 0.253. The molecule has 0 fully saturated rings. The Balaban J connectivity index is 2.97. The number of carbonyl (C=O) groups excluding carboxylic acids is 1. The maximum absolute atomic E-state index is 12.6. The molecule has 0 bridgehead atoms. The second-order valence-electron chi connectivity index (χ2n) is 5.03. The van der Waals surface area contributed by atoms with Crippen LogP contribution in [-0.4, -0.2) is 41.6 Å². The SMILES string of the molecule is CCCCN(CC)C(=O)N(CC(=O)O)c1ccc(C)cc1. The van der Waals surface area contributed by atoms with Crippen LogP contribution in [0.25, 0.3) is 0 Å². The first-order chi connectivity index (χ1) is 9.99. The van der Waals surface area contributed by atoms with Crippen molar-refractivity contribution in [2.75, 3.05) is 24.5 Å². The summed E-state index contributed by atoms with van der Waals surface area (Å²) < 4.78 is 0. The summed E-state index contributed by atoms with van der Waals surface area (Å²) in [7, 11) is 0. The van der Waals surface area contributed by atoms with Crippen LogP contribution < -0.4 is 4.90 Å². The lowest BCUT2D eigenvalue weighted by atomic mass is 10.2. The first-order valence-electron chi connectivity index (χ1n) is 7.34. The number of hydrogen-bond donors (Lipinski definition) is 1. The number of hydrogen-bond acceptors (Lipinski definition) is 2. The highest BCUT2D eigenvalue weighted by molar-refractivity contribution is 5.96. The van der Waals surface area contributed by atoms with Gasteiger partial charge in [-0.2, -0.15) is 0 Å². The number of aryl methyl sites for hydroxylation is 1. The van der Waals surface area contributed by atoms with Crippen LogP contribution in [0.5, 0.6) is 0 Å². The molecule has 0 aliphatic rings. The number of carboxylic acid groups (broad SMARTS) is 1. The van der Waals surface area contributed by atoms with Gasteiger partial charge in [0.1, 0.15) is 6.54 Å². The largest absolute Gasteiger partial charge is 0.480 e. The monoisotopic (exact) mass is 292 g/mol. The van der Waals surface area contributed by atoms with Crippen molar-refractivity contribution in [1.29, 1.82) is 0 Å². The molecular weight excluding hydrogens is 268 g/mol. The van der Waals surface area contributed by atoms with E-state index < -0.39 is 5.97 Å². The predicted molar refractivity (Wildman–Crippen MR) is 83.7 cm³/mol. The molecule has 1 N–H and O–H groups in total. The summed E-state index contributed by atoms with van der Waals surface area (Å²) >= 11 is 0. The molecule has 0 aliphatic carbocycles. The van der Waals surface area contributed by atoms with Crippen LogP contribution in [-0.2, 0) is 4.79 Å². The number of rotatable bonds is 7. The first kappa shape index (κ1) is 17.0. The average molecular weight is 292 g/mol. The van der Waals surface area contributed by atoms with Crippen LogP contribution in [0.2, 0.25) is 0 Å². The molecule has 0 saturated heterocycles.